The third-order valence-corrected chi connectivity index (χ3v) is 8.98. The van der Waals surface area contributed by atoms with Crippen LogP contribution in [0.5, 0.6) is 5.75 Å². The molecule has 12 nitrogen and oxygen atoms in total. The van der Waals surface area contributed by atoms with Gasteiger partial charge in [-0.05, 0) is 55.5 Å². The van der Waals surface area contributed by atoms with E-state index in [1.807, 2.05) is 12.1 Å². The number of halogens is 3. The molecule has 43 heavy (non-hydrogen) atoms. The average molecular weight is 647 g/mol. The molecule has 2 aromatic carbocycles. The Morgan fingerprint density at radius 2 is 1.91 bits per heavy atom. The van der Waals surface area contributed by atoms with Crippen LogP contribution in [-0.4, -0.2) is 68.7 Å². The summed E-state index contributed by atoms with van der Waals surface area (Å²) >= 11 is 5.60. The molecule has 1 fully saturated rings. The fourth-order valence-corrected chi connectivity index (χ4v) is 6.71. The number of carbonyl (C=O) groups excluding carboxylic acids is 1. The summed E-state index contributed by atoms with van der Waals surface area (Å²) in [5.41, 5.74) is 1.06. The van der Waals surface area contributed by atoms with Crippen molar-refractivity contribution in [2.75, 3.05) is 12.3 Å². The summed E-state index contributed by atoms with van der Waals surface area (Å²) in [4.78, 5) is 28.1. The minimum absolute atomic E-state index is 0.172. The third-order valence-electron chi connectivity index (χ3n) is 6.50. The van der Waals surface area contributed by atoms with E-state index in [0.717, 1.165) is 10.8 Å². The number of hydrogen-bond acceptors (Lipinski definition) is 11. The summed E-state index contributed by atoms with van der Waals surface area (Å²) < 4.78 is 65.9. The second kappa shape index (κ2) is 12.9. The average Bonchev–Trinajstić information content (AvgIpc) is 3.19. The van der Waals surface area contributed by atoms with Crippen molar-refractivity contribution in [2.45, 2.75) is 63.4 Å². The topological polar surface area (TPSA) is 167 Å². The Labute approximate surface area is 248 Å². The van der Waals surface area contributed by atoms with Crippen molar-refractivity contribution >= 4 is 41.0 Å². The maximum absolute atomic E-state index is 14.6. The van der Waals surface area contributed by atoms with Gasteiger partial charge >= 0.3 is 18.3 Å². The van der Waals surface area contributed by atoms with Gasteiger partial charge in [0.25, 0.3) is 6.43 Å². The number of carbonyl (C=O) groups is 1. The smallest absolute Gasteiger partial charge is 0.351 e. The Bertz CT molecular complexity index is 1600. The standard InChI is InChI=1S/C26H30F3N4O8PS/c1-13(2)39-23(36)14(3)32-42(43,41-17-9-8-15-6-4-5-7-16(15)10-17)38-12-26(24(28)29)20(35)19(34)22(40-26)33-11-18(27)21(30)31-25(33)37/h4-11,13-14,19-20,22,24,34-35H,12H2,1-3H3,(H,32,43)(H2,30,31,37)/t14-,19+,20-,22+,26+,42?/m0/s1. The number of nitrogens with zero attached hydrogens (tertiary/aromatic N) is 2. The number of fused-ring (bicyclic) bond motifs is 1. The summed E-state index contributed by atoms with van der Waals surface area (Å²) in [5.74, 6) is -2.52. The molecule has 0 radical (unpaired) electrons. The van der Waals surface area contributed by atoms with Crippen molar-refractivity contribution in [3.05, 3.63) is 65.0 Å². The molecule has 0 saturated carbocycles. The van der Waals surface area contributed by atoms with Gasteiger partial charge in [-0.3, -0.25) is 9.36 Å². The Morgan fingerprint density at radius 3 is 2.56 bits per heavy atom. The first-order chi connectivity index (χ1) is 20.2. The maximum Gasteiger partial charge on any atom is 0.351 e. The fraction of sp³-hybridized carbons (Fsp3) is 0.423. The highest BCUT2D eigenvalue weighted by atomic mass is 32.5. The lowest BCUT2D eigenvalue weighted by molar-refractivity contribution is -0.192. The van der Waals surface area contributed by atoms with Crippen molar-refractivity contribution in [1.29, 1.82) is 0 Å². The van der Waals surface area contributed by atoms with Gasteiger partial charge in [0, 0.05) is 0 Å². The lowest BCUT2D eigenvalue weighted by Crippen LogP contribution is -2.53. The maximum atomic E-state index is 14.6. The van der Waals surface area contributed by atoms with Crippen LogP contribution in [0.25, 0.3) is 10.8 Å². The number of nitrogen functional groups attached to an aromatic ring is 1. The number of alkyl halides is 2. The Kier molecular flexibility index (Phi) is 9.81. The minimum atomic E-state index is -3.95. The molecule has 0 amide bonds. The highest BCUT2D eigenvalue weighted by Gasteiger charge is 2.61. The Morgan fingerprint density at radius 1 is 1.23 bits per heavy atom. The monoisotopic (exact) mass is 646 g/mol. The SMILES string of the molecule is CC(C)OC(=O)[C@H](C)NP(=S)(OC[C@@]1(C(F)F)O[C@@H](n2cc(F)c(N)nc2=O)[C@H](O)[C@@H]1O)Oc1ccc2ccccc2c1. The van der Waals surface area contributed by atoms with E-state index in [-0.39, 0.29) is 5.75 Å². The second-order valence-electron chi connectivity index (χ2n) is 10.1. The summed E-state index contributed by atoms with van der Waals surface area (Å²) in [6, 6.07) is 11.1. The van der Waals surface area contributed by atoms with Crippen LogP contribution in [0.15, 0.2) is 53.5 Å². The molecule has 17 heteroatoms. The van der Waals surface area contributed by atoms with Gasteiger partial charge in [0.2, 0.25) is 0 Å². The van der Waals surface area contributed by atoms with E-state index in [9.17, 15) is 33.0 Å². The third kappa shape index (κ3) is 7.01. The number of ether oxygens (including phenoxy) is 2. The van der Waals surface area contributed by atoms with Gasteiger partial charge in [-0.25, -0.2) is 23.1 Å². The molecule has 4 rings (SSSR count). The second-order valence-corrected chi connectivity index (χ2v) is 13.2. The molecule has 1 unspecified atom stereocenters. The van der Waals surface area contributed by atoms with Gasteiger partial charge in [-0.1, -0.05) is 30.3 Å². The highest BCUT2D eigenvalue weighted by Crippen LogP contribution is 2.49. The summed E-state index contributed by atoms with van der Waals surface area (Å²) in [6.45, 7) is -0.485. The number of aliphatic hydroxyl groups is 2. The van der Waals surface area contributed by atoms with Crippen LogP contribution < -0.4 is 21.0 Å². The minimum Gasteiger partial charge on any atom is -0.462 e. The first kappa shape index (κ1) is 32.8. The molecule has 2 heterocycles. The van der Waals surface area contributed by atoms with Gasteiger partial charge in [0.15, 0.2) is 23.5 Å². The Balaban J connectivity index is 1.66. The van der Waals surface area contributed by atoms with Gasteiger partial charge in [0.05, 0.1) is 18.9 Å². The molecule has 234 valence electrons. The van der Waals surface area contributed by atoms with E-state index >= 15 is 0 Å². The molecule has 1 aromatic heterocycles. The molecule has 6 atom stereocenters. The van der Waals surface area contributed by atoms with Crippen molar-refractivity contribution in [3.8, 4) is 5.75 Å². The van der Waals surface area contributed by atoms with E-state index in [1.54, 1.807) is 44.2 Å². The molecule has 0 aliphatic carbocycles. The molecule has 3 aromatic rings. The molecule has 5 N–H and O–H groups in total. The number of hydrogen-bond donors (Lipinski definition) is 4. The van der Waals surface area contributed by atoms with Crippen LogP contribution >= 0.6 is 6.64 Å². The normalized spacial score (nSPS) is 24.3. The van der Waals surface area contributed by atoms with E-state index in [1.165, 1.54) is 6.92 Å². The molecule has 1 saturated heterocycles. The zero-order valence-electron chi connectivity index (χ0n) is 23.1. The molecule has 1 aliphatic rings. The van der Waals surface area contributed by atoms with E-state index < -0.39 is 79.2 Å². The van der Waals surface area contributed by atoms with Crippen molar-refractivity contribution in [2.24, 2.45) is 0 Å². The van der Waals surface area contributed by atoms with E-state index in [2.05, 4.69) is 10.1 Å². The number of nitrogens with two attached hydrogens (primary N) is 1. The largest absolute Gasteiger partial charge is 0.462 e. The van der Waals surface area contributed by atoms with Crippen molar-refractivity contribution < 1.29 is 46.7 Å². The fourth-order valence-electron chi connectivity index (χ4n) is 4.30. The number of esters is 1. The summed E-state index contributed by atoms with van der Waals surface area (Å²) in [5, 5.41) is 25.7. The van der Waals surface area contributed by atoms with E-state index in [4.69, 9.17) is 36.1 Å². The first-order valence-corrected chi connectivity index (χ1v) is 15.6. The quantitative estimate of drug-likeness (QED) is 0.178. The predicted molar refractivity (Wildman–Crippen MR) is 152 cm³/mol. The number of aliphatic hydroxyl groups excluding tert-OH is 2. The summed E-state index contributed by atoms with van der Waals surface area (Å²) in [7, 11) is 0. The predicted octanol–water partition coefficient (Wildman–Crippen LogP) is 2.62. The van der Waals surface area contributed by atoms with Crippen molar-refractivity contribution in [1.82, 2.24) is 14.6 Å². The van der Waals surface area contributed by atoms with Crippen LogP contribution in [0, 0.1) is 5.82 Å². The molecule has 0 spiro atoms. The zero-order chi connectivity index (χ0) is 31.7. The Hall–Kier alpha value is -3.11. The molecule has 0 bridgehead atoms. The van der Waals surface area contributed by atoms with Crippen LogP contribution in [0.1, 0.15) is 27.0 Å². The van der Waals surface area contributed by atoms with Crippen molar-refractivity contribution in [3.63, 3.8) is 0 Å². The number of aromatic nitrogens is 2. The highest BCUT2D eigenvalue weighted by molar-refractivity contribution is 8.09. The molecule has 1 aliphatic heterocycles. The molecular weight excluding hydrogens is 616 g/mol. The lowest BCUT2D eigenvalue weighted by atomic mass is 9.96. The number of nitrogens with one attached hydrogen (secondary N) is 1. The first-order valence-electron chi connectivity index (χ1n) is 12.9. The summed E-state index contributed by atoms with van der Waals surface area (Å²) in [6.07, 6.45) is -10.0. The van der Waals surface area contributed by atoms with Crippen LogP contribution in [-0.2, 0) is 30.6 Å². The number of anilines is 1. The zero-order valence-corrected chi connectivity index (χ0v) is 24.8. The number of rotatable bonds is 11. The van der Waals surface area contributed by atoms with Gasteiger partial charge in [-0.2, -0.15) is 4.98 Å². The number of benzene rings is 2. The van der Waals surface area contributed by atoms with Gasteiger partial charge in [-0.15, -0.1) is 0 Å². The van der Waals surface area contributed by atoms with Gasteiger partial charge < -0.3 is 34.5 Å². The van der Waals surface area contributed by atoms with Gasteiger partial charge in [0.1, 0.15) is 24.0 Å². The lowest BCUT2D eigenvalue weighted by Gasteiger charge is -2.34. The van der Waals surface area contributed by atoms with E-state index in [0.29, 0.717) is 10.8 Å². The molecular formula is C26H30F3N4O8PS. The van der Waals surface area contributed by atoms with Crippen LogP contribution in [0.3, 0.4) is 0 Å². The van der Waals surface area contributed by atoms with Crippen LogP contribution in [0.2, 0.25) is 0 Å². The van der Waals surface area contributed by atoms with Crippen LogP contribution in [0.4, 0.5) is 19.0 Å².